The Morgan fingerprint density at radius 2 is 1.12 bits per heavy atom. The van der Waals surface area contributed by atoms with E-state index in [1.807, 2.05) is 0 Å². The number of halogens is 2. The standard InChI is InChI=1S/2C13H15Si.C2H4.2ClH.Ti/c2*1-14(9-4-10-14)13-8-7-11-5-2-3-6-12(11)13;1-2;;;/h2*2-3,5-8H,4,9-10H2,1H3;1H,2H3;2*1H;/q;;;;;+2/p-2. The predicted octanol–water partition coefficient (Wildman–Crippen LogP) is 8.69. The fraction of sp³-hybridized carbons (Fsp3) is 0.393. The van der Waals surface area contributed by atoms with E-state index in [2.05, 4.69) is 97.2 Å². The van der Waals surface area contributed by atoms with Crippen LogP contribution in [0.3, 0.4) is 0 Å². The summed E-state index contributed by atoms with van der Waals surface area (Å²) in [6, 6.07) is 23.4. The van der Waals surface area contributed by atoms with Gasteiger partial charge in [-0.15, -0.1) is 0 Å². The first-order valence-electron chi connectivity index (χ1n) is 12.6. The normalized spacial score (nSPS) is 30.8. The monoisotopic (exact) mass is 544 g/mol. The van der Waals surface area contributed by atoms with Gasteiger partial charge in [-0.3, -0.25) is 0 Å². The third kappa shape index (κ3) is 2.38. The number of allylic oxidation sites excluding steroid dienone is 2. The number of hydrogen-bond acceptors (Lipinski definition) is 0. The van der Waals surface area contributed by atoms with Gasteiger partial charge < -0.3 is 0 Å². The molecule has 2 unspecified atom stereocenters. The van der Waals surface area contributed by atoms with E-state index < -0.39 is 28.9 Å². The van der Waals surface area contributed by atoms with Crippen molar-refractivity contribution in [3.8, 4) is 0 Å². The van der Waals surface area contributed by atoms with Gasteiger partial charge in [0.2, 0.25) is 0 Å². The fourth-order valence-electron chi connectivity index (χ4n) is 8.54. The van der Waals surface area contributed by atoms with Crippen molar-refractivity contribution in [3.63, 3.8) is 0 Å². The molecular formula is C28H34Cl2Si2Ti. The molecule has 2 aromatic rings. The fourth-order valence-corrected chi connectivity index (χ4v) is 53.8. The van der Waals surface area contributed by atoms with Crippen LogP contribution in [0.5, 0.6) is 0 Å². The zero-order valence-corrected chi connectivity index (χ0v) is 25.1. The molecule has 2 atom stereocenters. The van der Waals surface area contributed by atoms with E-state index in [1.165, 1.54) is 59.3 Å². The van der Waals surface area contributed by atoms with Crippen molar-refractivity contribution in [1.29, 1.82) is 0 Å². The van der Waals surface area contributed by atoms with Crippen LogP contribution in [0.25, 0.3) is 12.2 Å². The number of benzene rings is 2. The van der Waals surface area contributed by atoms with Crippen molar-refractivity contribution in [2.45, 2.75) is 63.7 Å². The molecule has 6 rings (SSSR count). The first-order chi connectivity index (χ1) is 15.7. The number of fused-ring (bicyclic) bond motifs is 2. The van der Waals surface area contributed by atoms with Gasteiger partial charge in [0.05, 0.1) is 0 Å². The number of hydrogen-bond donors (Lipinski definition) is 0. The van der Waals surface area contributed by atoms with Crippen molar-refractivity contribution in [3.05, 3.63) is 82.9 Å². The van der Waals surface area contributed by atoms with Crippen LogP contribution < -0.4 is 0 Å². The van der Waals surface area contributed by atoms with Crippen LogP contribution in [-0.2, 0) is 19.4 Å². The van der Waals surface area contributed by atoms with Crippen molar-refractivity contribution < 1.29 is 12.7 Å². The van der Waals surface area contributed by atoms with E-state index in [-0.39, 0.29) is 6.69 Å². The molecule has 0 nitrogen and oxygen atoms in total. The second-order valence-corrected chi connectivity index (χ2v) is 37.1. The minimum absolute atomic E-state index is 0.176. The summed E-state index contributed by atoms with van der Waals surface area (Å²) in [5.74, 6) is 0. The van der Waals surface area contributed by atoms with Crippen molar-refractivity contribution >= 4 is 51.2 Å². The molecule has 0 radical (unpaired) electrons. The van der Waals surface area contributed by atoms with Crippen LogP contribution in [0, 0.1) is 0 Å². The molecule has 0 N–H and O–H groups in total. The Morgan fingerprint density at radius 3 is 1.45 bits per heavy atom. The third-order valence-corrected chi connectivity index (χ3v) is 47.8. The summed E-state index contributed by atoms with van der Waals surface area (Å²) >= 11 is -4.63. The second kappa shape index (κ2) is 7.05. The molecule has 4 aliphatic rings. The van der Waals surface area contributed by atoms with E-state index in [4.69, 9.17) is 18.6 Å². The van der Waals surface area contributed by atoms with Gasteiger partial charge in [-0.05, 0) is 0 Å². The molecule has 2 heterocycles. The summed E-state index contributed by atoms with van der Waals surface area (Å²) in [4.78, 5) is 0. The van der Waals surface area contributed by atoms with Crippen molar-refractivity contribution in [2.24, 2.45) is 0 Å². The Hall–Kier alpha value is -0.482. The first-order valence-corrected chi connectivity index (χ1v) is 25.2. The van der Waals surface area contributed by atoms with E-state index in [0.717, 1.165) is 0 Å². The molecule has 2 aliphatic carbocycles. The SMILES string of the molecule is C[CH]=[Ti]([Cl])([Cl])([C]1([Si]2(C)CCC2)C=Cc2ccccc21)[C]1([Si]2(C)CCC2)C=Cc2ccccc21. The molecular weight excluding hydrogens is 511 g/mol. The second-order valence-electron chi connectivity index (χ2n) is 11.7. The van der Waals surface area contributed by atoms with E-state index >= 15 is 0 Å². The molecule has 5 heteroatoms. The Labute approximate surface area is 209 Å². The number of rotatable bonds is 4. The van der Waals surface area contributed by atoms with Gasteiger partial charge in [-0.2, -0.15) is 0 Å². The third-order valence-electron chi connectivity index (χ3n) is 10.6. The maximum absolute atomic E-state index is 8.62. The van der Waals surface area contributed by atoms with Crippen molar-refractivity contribution in [1.82, 2.24) is 0 Å². The molecule has 33 heavy (non-hydrogen) atoms. The minimum atomic E-state index is -4.63. The van der Waals surface area contributed by atoms with Crippen LogP contribution >= 0.6 is 18.6 Å². The van der Waals surface area contributed by atoms with Crippen molar-refractivity contribution in [2.75, 3.05) is 0 Å². The summed E-state index contributed by atoms with van der Waals surface area (Å²) in [7, 11) is 13.6. The predicted molar refractivity (Wildman–Crippen MR) is 149 cm³/mol. The summed E-state index contributed by atoms with van der Waals surface area (Å²) in [6.07, 6.45) is 12.5. The molecule has 0 amide bonds. The van der Waals surface area contributed by atoms with Gasteiger partial charge in [-0.1, -0.05) is 0 Å². The van der Waals surface area contributed by atoms with E-state index in [0.29, 0.717) is 0 Å². The van der Waals surface area contributed by atoms with Gasteiger partial charge in [0.15, 0.2) is 0 Å². The molecule has 2 saturated heterocycles. The molecule has 0 aromatic heterocycles. The van der Waals surface area contributed by atoms with E-state index in [1.54, 1.807) is 0 Å². The van der Waals surface area contributed by atoms with Crippen LogP contribution in [-0.4, -0.2) is 20.5 Å². The molecule has 2 aromatic carbocycles. The summed E-state index contributed by atoms with van der Waals surface area (Å²) in [6.45, 7) is 7.49. The van der Waals surface area contributed by atoms with Gasteiger partial charge in [0.25, 0.3) is 0 Å². The quantitative estimate of drug-likeness (QED) is 0.337. The van der Waals surface area contributed by atoms with E-state index in [9.17, 15) is 0 Å². The summed E-state index contributed by atoms with van der Waals surface area (Å²) in [5.41, 5.74) is 5.60. The van der Waals surface area contributed by atoms with Crippen LogP contribution in [0.4, 0.5) is 0 Å². The zero-order valence-electron chi connectivity index (χ0n) is 20.0. The van der Waals surface area contributed by atoms with Crippen LogP contribution in [0.1, 0.15) is 42.0 Å². The Morgan fingerprint density at radius 1 is 0.727 bits per heavy atom. The maximum atomic E-state index is 8.62. The molecule has 0 saturated carbocycles. The van der Waals surface area contributed by atoms with Crippen LogP contribution in [0.15, 0.2) is 60.7 Å². The first kappa shape index (κ1) is 22.9. The molecule has 2 fully saturated rings. The van der Waals surface area contributed by atoms with Crippen LogP contribution in [0.2, 0.25) is 37.3 Å². The van der Waals surface area contributed by atoms with Gasteiger partial charge in [0.1, 0.15) is 0 Å². The topological polar surface area (TPSA) is 0 Å². The van der Waals surface area contributed by atoms with Gasteiger partial charge in [-0.25, -0.2) is 0 Å². The summed E-state index contributed by atoms with van der Waals surface area (Å²) in [5, 5.41) is 0. The zero-order chi connectivity index (χ0) is 23.2. The van der Waals surface area contributed by atoms with Gasteiger partial charge in [0, 0.05) is 0 Å². The summed E-state index contributed by atoms with van der Waals surface area (Å²) < 4.78 is 2.08. The average molecular weight is 546 g/mol. The molecule has 0 bridgehead atoms. The Kier molecular flexibility index (Phi) is 4.90. The Balaban J connectivity index is 1.78. The molecule has 0 spiro atoms. The molecule has 172 valence electrons. The average Bonchev–Trinajstić information content (AvgIpc) is 3.38. The van der Waals surface area contributed by atoms with Gasteiger partial charge >= 0.3 is 211 Å². The molecule has 2 aliphatic heterocycles. The Bertz CT molecular complexity index is 1200.